The van der Waals surface area contributed by atoms with Gasteiger partial charge in [-0.2, -0.15) is 4.98 Å². The summed E-state index contributed by atoms with van der Waals surface area (Å²) in [5, 5.41) is 9.61. The maximum Gasteiger partial charge on any atom is 0.319 e. The lowest BCUT2D eigenvalue weighted by Crippen LogP contribution is -2.42. The molecule has 3 rings (SSSR count). The monoisotopic (exact) mass is 345 g/mol. The van der Waals surface area contributed by atoms with Crippen LogP contribution in [0, 0.1) is 0 Å². The number of nitrogens with one attached hydrogen (secondary N) is 2. The number of aryl methyl sites for hydroxylation is 1. The van der Waals surface area contributed by atoms with E-state index in [1.165, 1.54) is 0 Å². The Morgan fingerprint density at radius 1 is 1.24 bits per heavy atom. The summed E-state index contributed by atoms with van der Waals surface area (Å²) < 4.78 is 10.4. The van der Waals surface area contributed by atoms with Crippen molar-refractivity contribution < 1.29 is 14.1 Å². The molecule has 1 aromatic carbocycles. The van der Waals surface area contributed by atoms with E-state index in [2.05, 4.69) is 25.7 Å². The van der Waals surface area contributed by atoms with Crippen LogP contribution in [0.3, 0.4) is 0 Å². The molecule has 1 saturated heterocycles. The van der Waals surface area contributed by atoms with Crippen molar-refractivity contribution in [1.82, 2.24) is 20.4 Å². The number of amides is 2. The lowest BCUT2D eigenvalue weighted by Gasteiger charge is -2.26. The van der Waals surface area contributed by atoms with Gasteiger partial charge in [0.15, 0.2) is 0 Å². The smallest absolute Gasteiger partial charge is 0.319 e. The molecule has 25 heavy (non-hydrogen) atoms. The molecule has 0 atom stereocenters. The highest BCUT2D eigenvalue weighted by Gasteiger charge is 2.11. The van der Waals surface area contributed by atoms with Gasteiger partial charge in [-0.15, -0.1) is 0 Å². The number of benzene rings is 1. The second-order valence-corrected chi connectivity index (χ2v) is 5.78. The van der Waals surface area contributed by atoms with Gasteiger partial charge in [0.25, 0.3) is 0 Å². The summed E-state index contributed by atoms with van der Waals surface area (Å²) in [5.74, 6) is 1.16. The Bertz CT molecular complexity index is 680. The first-order valence-electron chi connectivity index (χ1n) is 8.52. The Balaban J connectivity index is 1.45. The van der Waals surface area contributed by atoms with Crippen LogP contribution >= 0.6 is 0 Å². The Morgan fingerprint density at radius 2 is 2.00 bits per heavy atom. The van der Waals surface area contributed by atoms with Crippen LogP contribution in [0.15, 0.2) is 28.8 Å². The number of rotatable bonds is 6. The molecule has 1 aromatic heterocycles. The van der Waals surface area contributed by atoms with E-state index >= 15 is 0 Å². The van der Waals surface area contributed by atoms with Gasteiger partial charge in [0.05, 0.1) is 13.2 Å². The SMILES string of the molecule is CCc1nc(-c2ccc(NC(=O)NCCN3CCOCC3)cc2)no1. The Kier molecular flexibility index (Phi) is 5.97. The summed E-state index contributed by atoms with van der Waals surface area (Å²) in [6.45, 7) is 6.75. The summed E-state index contributed by atoms with van der Waals surface area (Å²) in [5.41, 5.74) is 1.56. The van der Waals surface area contributed by atoms with Crippen molar-refractivity contribution in [2.75, 3.05) is 44.7 Å². The molecule has 8 nitrogen and oxygen atoms in total. The first kappa shape index (κ1) is 17.4. The highest BCUT2D eigenvalue weighted by Crippen LogP contribution is 2.18. The number of morpholine rings is 1. The zero-order valence-electron chi connectivity index (χ0n) is 14.3. The number of nitrogens with zero attached hydrogens (tertiary/aromatic N) is 3. The standard InChI is InChI=1S/C17H23N5O3/c1-2-15-20-16(21-25-15)13-3-5-14(6-4-13)19-17(23)18-7-8-22-9-11-24-12-10-22/h3-6H,2,7-12H2,1H3,(H2,18,19,23). The largest absolute Gasteiger partial charge is 0.379 e. The lowest BCUT2D eigenvalue weighted by atomic mass is 10.2. The van der Waals surface area contributed by atoms with Gasteiger partial charge in [0.1, 0.15) is 0 Å². The van der Waals surface area contributed by atoms with Gasteiger partial charge in [-0.25, -0.2) is 4.79 Å². The van der Waals surface area contributed by atoms with Crippen molar-refractivity contribution >= 4 is 11.7 Å². The summed E-state index contributed by atoms with van der Waals surface area (Å²) in [4.78, 5) is 18.5. The first-order valence-corrected chi connectivity index (χ1v) is 8.52. The Hall–Kier alpha value is -2.45. The third kappa shape index (κ3) is 5.01. The van der Waals surface area contributed by atoms with Crippen LogP contribution in [0.2, 0.25) is 0 Å². The van der Waals surface area contributed by atoms with Crippen LogP contribution < -0.4 is 10.6 Å². The van der Waals surface area contributed by atoms with Crippen LogP contribution in [-0.2, 0) is 11.2 Å². The number of hydrogen-bond donors (Lipinski definition) is 2. The molecule has 134 valence electrons. The second-order valence-electron chi connectivity index (χ2n) is 5.78. The maximum atomic E-state index is 11.9. The van der Waals surface area contributed by atoms with Gasteiger partial charge in [-0.3, -0.25) is 4.90 Å². The summed E-state index contributed by atoms with van der Waals surface area (Å²) in [7, 11) is 0. The number of anilines is 1. The third-order valence-electron chi connectivity index (χ3n) is 3.99. The van der Waals surface area contributed by atoms with Gasteiger partial charge >= 0.3 is 6.03 Å². The van der Waals surface area contributed by atoms with Gasteiger partial charge in [0, 0.05) is 43.9 Å². The minimum Gasteiger partial charge on any atom is -0.379 e. The van der Waals surface area contributed by atoms with Gasteiger partial charge in [0.2, 0.25) is 11.7 Å². The molecule has 1 fully saturated rings. The van der Waals surface area contributed by atoms with E-state index in [4.69, 9.17) is 9.26 Å². The Morgan fingerprint density at radius 3 is 2.68 bits per heavy atom. The molecule has 1 aliphatic heterocycles. The van der Waals surface area contributed by atoms with Crippen molar-refractivity contribution in [1.29, 1.82) is 0 Å². The number of urea groups is 1. The van der Waals surface area contributed by atoms with E-state index in [0.29, 0.717) is 30.4 Å². The highest BCUT2D eigenvalue weighted by atomic mass is 16.5. The minimum atomic E-state index is -0.214. The zero-order valence-corrected chi connectivity index (χ0v) is 14.3. The van der Waals surface area contributed by atoms with E-state index in [1.54, 1.807) is 0 Å². The molecule has 0 radical (unpaired) electrons. The molecule has 0 aliphatic carbocycles. The predicted molar refractivity (Wildman–Crippen MR) is 93.4 cm³/mol. The van der Waals surface area contributed by atoms with Crippen LogP contribution in [0.1, 0.15) is 12.8 Å². The summed E-state index contributed by atoms with van der Waals surface area (Å²) >= 11 is 0. The summed E-state index contributed by atoms with van der Waals surface area (Å²) in [6, 6.07) is 7.13. The zero-order chi connectivity index (χ0) is 17.5. The van der Waals surface area contributed by atoms with Crippen LogP contribution in [0.25, 0.3) is 11.4 Å². The predicted octanol–water partition coefficient (Wildman–Crippen LogP) is 1.75. The molecular weight excluding hydrogens is 322 g/mol. The molecule has 0 unspecified atom stereocenters. The number of ether oxygens (including phenoxy) is 1. The quantitative estimate of drug-likeness (QED) is 0.829. The number of carbonyl (C=O) groups is 1. The van der Waals surface area contributed by atoms with Crippen molar-refractivity contribution in [3.63, 3.8) is 0 Å². The highest BCUT2D eigenvalue weighted by molar-refractivity contribution is 5.89. The second kappa shape index (κ2) is 8.59. The molecule has 2 N–H and O–H groups in total. The molecule has 1 aliphatic rings. The van der Waals surface area contributed by atoms with Crippen molar-refractivity contribution in [2.24, 2.45) is 0 Å². The van der Waals surface area contributed by atoms with Crippen LogP contribution in [0.5, 0.6) is 0 Å². The van der Waals surface area contributed by atoms with E-state index in [-0.39, 0.29) is 6.03 Å². The van der Waals surface area contributed by atoms with Gasteiger partial charge < -0.3 is 19.9 Å². The van der Waals surface area contributed by atoms with Crippen molar-refractivity contribution in [3.05, 3.63) is 30.2 Å². The molecule has 0 spiro atoms. The number of carbonyl (C=O) groups excluding carboxylic acids is 1. The third-order valence-corrected chi connectivity index (χ3v) is 3.99. The fraction of sp³-hybridized carbons (Fsp3) is 0.471. The van der Waals surface area contributed by atoms with Crippen molar-refractivity contribution in [2.45, 2.75) is 13.3 Å². The fourth-order valence-corrected chi connectivity index (χ4v) is 2.55. The summed E-state index contributed by atoms with van der Waals surface area (Å²) in [6.07, 6.45) is 0.706. The lowest BCUT2D eigenvalue weighted by molar-refractivity contribution is 0.0388. The average Bonchev–Trinajstić information content (AvgIpc) is 3.12. The molecule has 0 bridgehead atoms. The molecule has 8 heteroatoms. The van der Waals surface area contributed by atoms with E-state index in [1.807, 2.05) is 31.2 Å². The molecule has 2 amide bonds. The molecular formula is C17H23N5O3. The van der Waals surface area contributed by atoms with E-state index in [0.717, 1.165) is 38.4 Å². The maximum absolute atomic E-state index is 11.9. The van der Waals surface area contributed by atoms with Crippen LogP contribution in [0.4, 0.5) is 10.5 Å². The van der Waals surface area contributed by atoms with Crippen LogP contribution in [-0.4, -0.2) is 60.5 Å². The van der Waals surface area contributed by atoms with E-state index < -0.39 is 0 Å². The van der Waals surface area contributed by atoms with Gasteiger partial charge in [-0.1, -0.05) is 12.1 Å². The normalized spacial score (nSPS) is 15.1. The number of hydrogen-bond acceptors (Lipinski definition) is 6. The number of aromatic nitrogens is 2. The van der Waals surface area contributed by atoms with Crippen molar-refractivity contribution in [3.8, 4) is 11.4 Å². The first-order chi connectivity index (χ1) is 12.2. The molecule has 2 heterocycles. The fourth-order valence-electron chi connectivity index (χ4n) is 2.55. The van der Waals surface area contributed by atoms with E-state index in [9.17, 15) is 4.79 Å². The minimum absolute atomic E-state index is 0.214. The topological polar surface area (TPSA) is 92.5 Å². The average molecular weight is 345 g/mol. The van der Waals surface area contributed by atoms with Gasteiger partial charge in [-0.05, 0) is 24.3 Å². The molecule has 2 aromatic rings. The molecule has 0 saturated carbocycles. The Labute approximate surface area is 146 Å².